The summed E-state index contributed by atoms with van der Waals surface area (Å²) in [6.07, 6.45) is 9.37. The van der Waals surface area contributed by atoms with Gasteiger partial charge in [-0.2, -0.15) is 0 Å². The van der Waals surface area contributed by atoms with Gasteiger partial charge in [0.25, 0.3) is 0 Å². The van der Waals surface area contributed by atoms with Gasteiger partial charge in [0.1, 0.15) is 5.60 Å². The average Bonchev–Trinajstić information content (AvgIpc) is 2.44. The lowest BCUT2D eigenvalue weighted by Crippen LogP contribution is -2.45. The summed E-state index contributed by atoms with van der Waals surface area (Å²) in [7, 11) is 0. The van der Waals surface area contributed by atoms with Crippen LogP contribution in [0.2, 0.25) is 0 Å². The molecule has 132 valence electrons. The Morgan fingerprint density at radius 3 is 1.64 bits per heavy atom. The van der Waals surface area contributed by atoms with Gasteiger partial charge in [-0.05, 0) is 46.5 Å². The van der Waals surface area contributed by atoms with Gasteiger partial charge >= 0.3 is 5.97 Å². The van der Waals surface area contributed by atoms with Crippen molar-refractivity contribution in [3.8, 4) is 0 Å². The number of carbonyl (C=O) groups excluding carboxylic acids is 1. The molecule has 0 aliphatic carbocycles. The third-order valence-corrected chi connectivity index (χ3v) is 3.81. The van der Waals surface area contributed by atoms with E-state index in [2.05, 4.69) is 13.8 Å². The molecule has 0 unspecified atom stereocenters. The predicted molar refractivity (Wildman–Crippen MR) is 89.8 cm³/mol. The van der Waals surface area contributed by atoms with Gasteiger partial charge < -0.3 is 4.74 Å². The largest absolute Gasteiger partial charge is 0.458 e. The third kappa shape index (κ3) is 8.74. The monoisotopic (exact) mass is 316 g/mol. The number of ether oxygens (including phenoxy) is 1. The Labute approximate surface area is 136 Å². The lowest BCUT2D eigenvalue weighted by molar-refractivity contribution is -0.324. The van der Waals surface area contributed by atoms with Gasteiger partial charge in [0.2, 0.25) is 0 Å². The first kappa shape index (κ1) is 21.4. The van der Waals surface area contributed by atoms with E-state index in [0.717, 1.165) is 51.4 Å². The van der Waals surface area contributed by atoms with Crippen LogP contribution in [0, 0.1) is 0 Å². The Hall–Kier alpha value is -0.610. The minimum atomic E-state index is -1.20. The fourth-order valence-corrected chi connectivity index (χ4v) is 2.50. The second-order valence-electron chi connectivity index (χ2n) is 7.21. The first-order chi connectivity index (χ1) is 10.3. The average molecular weight is 316 g/mol. The van der Waals surface area contributed by atoms with E-state index in [1.54, 1.807) is 0 Å². The van der Waals surface area contributed by atoms with Gasteiger partial charge in [0.05, 0.1) is 0 Å². The quantitative estimate of drug-likeness (QED) is 0.224. The summed E-state index contributed by atoms with van der Waals surface area (Å²) in [6.45, 7) is 9.80. The number of carbonyl (C=O) groups is 1. The summed E-state index contributed by atoms with van der Waals surface area (Å²) in [5, 5.41) is 9.46. The van der Waals surface area contributed by atoms with E-state index < -0.39 is 17.2 Å². The molecule has 0 atom stereocenters. The molecule has 4 heteroatoms. The highest BCUT2D eigenvalue weighted by molar-refractivity contribution is 5.79. The number of unbranched alkanes of at least 4 members (excludes halogenated alkanes) is 6. The van der Waals surface area contributed by atoms with Crippen molar-refractivity contribution in [1.82, 2.24) is 0 Å². The minimum absolute atomic E-state index is 0.435. The molecular formula is C18H36O4. The van der Waals surface area contributed by atoms with E-state index in [4.69, 9.17) is 9.62 Å². The number of hydrogen-bond acceptors (Lipinski definition) is 4. The maximum Gasteiger partial charge on any atom is 0.342 e. The van der Waals surface area contributed by atoms with Gasteiger partial charge in [-0.25, -0.2) is 9.68 Å². The molecule has 0 fully saturated rings. The van der Waals surface area contributed by atoms with Crippen LogP contribution in [0.25, 0.3) is 0 Å². The van der Waals surface area contributed by atoms with Gasteiger partial charge in [0.15, 0.2) is 5.60 Å². The van der Waals surface area contributed by atoms with E-state index in [0.29, 0.717) is 12.8 Å². The molecule has 0 bridgehead atoms. The molecule has 22 heavy (non-hydrogen) atoms. The normalized spacial score (nSPS) is 12.5. The van der Waals surface area contributed by atoms with E-state index in [1.807, 2.05) is 20.8 Å². The second-order valence-corrected chi connectivity index (χ2v) is 7.21. The smallest absolute Gasteiger partial charge is 0.342 e. The Kier molecular flexibility index (Phi) is 10.7. The van der Waals surface area contributed by atoms with E-state index >= 15 is 0 Å². The van der Waals surface area contributed by atoms with Crippen LogP contribution in [-0.2, 0) is 14.4 Å². The van der Waals surface area contributed by atoms with Gasteiger partial charge in [-0.3, -0.25) is 5.26 Å². The topological polar surface area (TPSA) is 55.8 Å². The minimum Gasteiger partial charge on any atom is -0.458 e. The van der Waals surface area contributed by atoms with Crippen molar-refractivity contribution < 1.29 is 19.7 Å². The van der Waals surface area contributed by atoms with Crippen molar-refractivity contribution in [1.29, 1.82) is 0 Å². The standard InChI is InChI=1S/C18H36O4/c1-6-8-10-12-14-18(22-20,15-13-11-9-7-2)16(19)21-17(3,4)5/h20H,6-15H2,1-5H3. The van der Waals surface area contributed by atoms with Crippen LogP contribution >= 0.6 is 0 Å². The Morgan fingerprint density at radius 2 is 1.32 bits per heavy atom. The molecule has 0 spiro atoms. The van der Waals surface area contributed by atoms with Crippen molar-refractivity contribution in [2.75, 3.05) is 0 Å². The highest BCUT2D eigenvalue weighted by Gasteiger charge is 2.42. The molecule has 0 aliphatic rings. The molecule has 0 rings (SSSR count). The van der Waals surface area contributed by atoms with Crippen LogP contribution in [0.15, 0.2) is 0 Å². The summed E-state index contributed by atoms with van der Waals surface area (Å²) in [5.41, 5.74) is -1.78. The van der Waals surface area contributed by atoms with Crippen molar-refractivity contribution in [2.45, 2.75) is 110 Å². The number of esters is 1. The molecule has 0 radical (unpaired) electrons. The summed E-state index contributed by atoms with van der Waals surface area (Å²) >= 11 is 0. The van der Waals surface area contributed by atoms with Crippen LogP contribution in [0.1, 0.15) is 98.8 Å². The fraction of sp³-hybridized carbons (Fsp3) is 0.944. The first-order valence-electron chi connectivity index (χ1n) is 8.87. The molecule has 1 N–H and O–H groups in total. The first-order valence-corrected chi connectivity index (χ1v) is 8.87. The van der Waals surface area contributed by atoms with Crippen LogP contribution in [0.3, 0.4) is 0 Å². The number of hydrogen-bond donors (Lipinski definition) is 1. The Balaban J connectivity index is 4.77. The van der Waals surface area contributed by atoms with E-state index in [-0.39, 0.29) is 0 Å². The van der Waals surface area contributed by atoms with Crippen LogP contribution < -0.4 is 0 Å². The highest BCUT2D eigenvalue weighted by Crippen LogP contribution is 2.29. The molecule has 0 aromatic heterocycles. The SMILES string of the molecule is CCCCCCC(CCCCCC)(OO)C(=O)OC(C)(C)C. The zero-order chi connectivity index (χ0) is 17.1. The highest BCUT2D eigenvalue weighted by atomic mass is 17.1. The molecular weight excluding hydrogens is 280 g/mol. The molecule has 0 saturated carbocycles. The fourth-order valence-electron chi connectivity index (χ4n) is 2.50. The van der Waals surface area contributed by atoms with E-state index in [9.17, 15) is 10.1 Å². The second kappa shape index (κ2) is 11.0. The third-order valence-electron chi connectivity index (χ3n) is 3.81. The zero-order valence-electron chi connectivity index (χ0n) is 15.2. The summed E-state index contributed by atoms with van der Waals surface area (Å²) in [4.78, 5) is 17.3. The molecule has 0 saturated heterocycles. The van der Waals surface area contributed by atoms with Gasteiger partial charge in [-0.1, -0.05) is 52.4 Å². The van der Waals surface area contributed by atoms with Crippen molar-refractivity contribution in [3.05, 3.63) is 0 Å². The Morgan fingerprint density at radius 1 is 0.864 bits per heavy atom. The maximum atomic E-state index is 12.5. The predicted octanol–water partition coefficient (Wildman–Crippen LogP) is 5.50. The van der Waals surface area contributed by atoms with Crippen LogP contribution in [-0.4, -0.2) is 22.4 Å². The lowest BCUT2D eigenvalue weighted by atomic mass is 9.89. The van der Waals surface area contributed by atoms with E-state index in [1.165, 1.54) is 0 Å². The van der Waals surface area contributed by atoms with Crippen LogP contribution in [0.4, 0.5) is 0 Å². The molecule has 0 aromatic carbocycles. The zero-order valence-corrected chi connectivity index (χ0v) is 15.2. The van der Waals surface area contributed by atoms with Crippen molar-refractivity contribution >= 4 is 5.97 Å². The van der Waals surface area contributed by atoms with Crippen LogP contribution in [0.5, 0.6) is 0 Å². The summed E-state index contributed by atoms with van der Waals surface area (Å²) in [5.74, 6) is -0.435. The van der Waals surface area contributed by atoms with Gasteiger partial charge in [-0.15, -0.1) is 0 Å². The molecule has 0 aliphatic heterocycles. The van der Waals surface area contributed by atoms with Crippen molar-refractivity contribution in [2.24, 2.45) is 0 Å². The molecule has 0 heterocycles. The van der Waals surface area contributed by atoms with Crippen molar-refractivity contribution in [3.63, 3.8) is 0 Å². The molecule has 4 nitrogen and oxygen atoms in total. The Bertz CT molecular complexity index is 282. The van der Waals surface area contributed by atoms with Gasteiger partial charge in [0, 0.05) is 0 Å². The number of rotatable bonds is 12. The summed E-state index contributed by atoms with van der Waals surface area (Å²) < 4.78 is 5.48. The summed E-state index contributed by atoms with van der Waals surface area (Å²) in [6, 6.07) is 0. The molecule has 0 aromatic rings. The molecule has 0 amide bonds. The lowest BCUT2D eigenvalue weighted by Gasteiger charge is -2.32. The maximum absolute atomic E-state index is 12.5.